The van der Waals surface area contributed by atoms with Crippen molar-refractivity contribution in [1.82, 2.24) is 5.32 Å². The van der Waals surface area contributed by atoms with Gasteiger partial charge >= 0.3 is 0 Å². The fourth-order valence-corrected chi connectivity index (χ4v) is 2.79. The van der Waals surface area contributed by atoms with E-state index in [-0.39, 0.29) is 0 Å². The molecule has 0 saturated carbocycles. The minimum atomic E-state index is -0.515. The lowest BCUT2D eigenvalue weighted by Crippen LogP contribution is -2.16. The molecule has 0 atom stereocenters. The third kappa shape index (κ3) is 4.16. The molecule has 2 aromatic carbocycles. The van der Waals surface area contributed by atoms with Crippen LogP contribution in [0.5, 0.6) is 0 Å². The zero-order valence-electron chi connectivity index (χ0n) is 12.4. The molecule has 0 amide bonds. The second kappa shape index (κ2) is 7.72. The first kappa shape index (κ1) is 16.2. The molecule has 1 heterocycles. The Morgan fingerprint density at radius 2 is 1.45 bits per heavy atom. The molecule has 3 rings (SSSR count). The Labute approximate surface area is 130 Å². The van der Waals surface area contributed by atoms with Crippen LogP contribution in [0, 0.1) is 24.5 Å². The predicted octanol–water partition coefficient (Wildman–Crippen LogP) is 3.49. The zero-order valence-corrected chi connectivity index (χ0v) is 12.4. The molecule has 1 aliphatic heterocycles. The number of benzene rings is 2. The summed E-state index contributed by atoms with van der Waals surface area (Å²) in [6, 6.07) is 10.1. The van der Waals surface area contributed by atoms with Crippen LogP contribution in [-0.4, -0.2) is 13.1 Å². The molecule has 0 saturated heterocycles. The number of fused-ring (bicyclic) bond motifs is 1. The number of nitrogens with one attached hydrogen (secondary N) is 1. The van der Waals surface area contributed by atoms with Gasteiger partial charge in [-0.2, -0.15) is 0 Å². The normalized spacial score (nSPS) is 13.5. The molecule has 1 nitrogen and oxygen atoms in total. The molecule has 0 bridgehead atoms. The lowest BCUT2D eigenvalue weighted by Gasteiger charge is -2.09. The highest BCUT2D eigenvalue weighted by molar-refractivity contribution is 5.36. The van der Waals surface area contributed by atoms with Crippen LogP contribution in [0.1, 0.15) is 22.3 Å². The summed E-state index contributed by atoms with van der Waals surface area (Å²) in [5, 5.41) is 3.38. The highest BCUT2D eigenvalue weighted by Gasteiger charge is 2.09. The molecule has 0 unspecified atom stereocenters. The van der Waals surface area contributed by atoms with Crippen LogP contribution in [0.25, 0.3) is 0 Å². The van der Waals surface area contributed by atoms with Gasteiger partial charge in [-0.05, 0) is 66.7 Å². The highest BCUT2D eigenvalue weighted by atomic mass is 19.1. The maximum absolute atomic E-state index is 13.2. The van der Waals surface area contributed by atoms with Crippen LogP contribution in [-0.2, 0) is 19.3 Å². The predicted molar refractivity (Wildman–Crippen MR) is 85.8 cm³/mol. The second-order valence-corrected chi connectivity index (χ2v) is 5.31. The average molecular weight is 299 g/mol. The lowest BCUT2D eigenvalue weighted by molar-refractivity contribution is 0.580. The van der Waals surface area contributed by atoms with E-state index in [4.69, 9.17) is 0 Å². The van der Waals surface area contributed by atoms with Crippen molar-refractivity contribution in [3.63, 3.8) is 0 Å². The van der Waals surface area contributed by atoms with Gasteiger partial charge in [-0.15, -0.1) is 12.8 Å². The fraction of sp³-hybridized carbons (Fsp3) is 0.263. The molecule has 2 aromatic rings. The SMILES string of the molecule is C#C.Fc1cc(F)cc(Cc2ccc3c(c2)CCNCC3)c1. The Hall–Kier alpha value is -2.18. The quantitative estimate of drug-likeness (QED) is 0.837. The van der Waals surface area contributed by atoms with E-state index in [1.54, 1.807) is 0 Å². The summed E-state index contributed by atoms with van der Waals surface area (Å²) in [5.74, 6) is -1.03. The Bertz CT molecular complexity index is 641. The Morgan fingerprint density at radius 1 is 0.818 bits per heavy atom. The van der Waals surface area contributed by atoms with Crippen LogP contribution in [0.4, 0.5) is 8.78 Å². The average Bonchev–Trinajstić information content (AvgIpc) is 2.73. The Morgan fingerprint density at radius 3 is 2.14 bits per heavy atom. The molecule has 22 heavy (non-hydrogen) atoms. The largest absolute Gasteiger partial charge is 0.316 e. The van der Waals surface area contributed by atoms with Gasteiger partial charge in [0.1, 0.15) is 11.6 Å². The fourth-order valence-electron chi connectivity index (χ4n) is 2.79. The molecular formula is C19H19F2N. The summed E-state index contributed by atoms with van der Waals surface area (Å²) in [6.07, 6.45) is 10.6. The smallest absolute Gasteiger partial charge is 0.126 e. The lowest BCUT2D eigenvalue weighted by atomic mass is 9.97. The number of rotatable bonds is 2. The van der Waals surface area contributed by atoms with E-state index in [1.165, 1.54) is 23.3 Å². The van der Waals surface area contributed by atoms with Gasteiger partial charge in [0.15, 0.2) is 0 Å². The van der Waals surface area contributed by atoms with Gasteiger partial charge in [-0.25, -0.2) is 8.78 Å². The molecule has 0 spiro atoms. The van der Waals surface area contributed by atoms with E-state index < -0.39 is 11.6 Å². The molecule has 0 fully saturated rings. The molecule has 0 radical (unpaired) electrons. The molecule has 114 valence electrons. The minimum Gasteiger partial charge on any atom is -0.316 e. The van der Waals surface area contributed by atoms with E-state index in [0.717, 1.165) is 37.6 Å². The van der Waals surface area contributed by atoms with Crippen molar-refractivity contribution in [1.29, 1.82) is 0 Å². The van der Waals surface area contributed by atoms with Gasteiger partial charge in [0.05, 0.1) is 0 Å². The maximum Gasteiger partial charge on any atom is 0.126 e. The van der Waals surface area contributed by atoms with E-state index in [0.29, 0.717) is 12.0 Å². The van der Waals surface area contributed by atoms with Crippen LogP contribution < -0.4 is 5.32 Å². The van der Waals surface area contributed by atoms with Crippen LogP contribution in [0.15, 0.2) is 36.4 Å². The van der Waals surface area contributed by atoms with E-state index in [2.05, 4.69) is 36.4 Å². The van der Waals surface area contributed by atoms with Gasteiger partial charge in [-0.1, -0.05) is 18.2 Å². The van der Waals surface area contributed by atoms with E-state index in [1.807, 2.05) is 0 Å². The molecule has 0 aromatic heterocycles. The Balaban J connectivity index is 0.000000847. The number of hydrogen-bond acceptors (Lipinski definition) is 1. The van der Waals surface area contributed by atoms with Crippen molar-refractivity contribution in [3.8, 4) is 12.8 Å². The molecule has 1 N–H and O–H groups in total. The standard InChI is InChI=1S/C17H17F2N.C2H2/c18-16-9-13(10-17(19)11-16)7-12-1-2-14-3-5-20-6-4-15(14)8-12;1-2/h1-2,8-11,20H,3-7H2;1-2H. The first-order chi connectivity index (χ1) is 10.7. The van der Waals surface area contributed by atoms with Crippen molar-refractivity contribution >= 4 is 0 Å². The van der Waals surface area contributed by atoms with Gasteiger partial charge in [0.25, 0.3) is 0 Å². The first-order valence-electron chi connectivity index (χ1n) is 7.30. The number of terminal acetylenes is 1. The summed E-state index contributed by atoms with van der Waals surface area (Å²) in [4.78, 5) is 0. The molecule has 3 heteroatoms. The number of hydrogen-bond donors (Lipinski definition) is 1. The van der Waals surface area contributed by atoms with Crippen molar-refractivity contribution in [2.45, 2.75) is 19.3 Å². The zero-order chi connectivity index (χ0) is 15.9. The number of halogens is 2. The van der Waals surface area contributed by atoms with Crippen molar-refractivity contribution in [2.75, 3.05) is 13.1 Å². The van der Waals surface area contributed by atoms with Crippen LogP contribution >= 0.6 is 0 Å². The molecule has 1 aliphatic rings. The summed E-state index contributed by atoms with van der Waals surface area (Å²) >= 11 is 0. The van der Waals surface area contributed by atoms with Crippen molar-refractivity contribution in [3.05, 3.63) is 70.3 Å². The van der Waals surface area contributed by atoms with Crippen molar-refractivity contribution in [2.24, 2.45) is 0 Å². The Kier molecular flexibility index (Phi) is 5.68. The van der Waals surface area contributed by atoms with Gasteiger partial charge < -0.3 is 5.32 Å². The third-order valence-corrected chi connectivity index (χ3v) is 3.74. The summed E-state index contributed by atoms with van der Waals surface area (Å²) in [6.45, 7) is 2.01. The molecule has 0 aliphatic carbocycles. The van der Waals surface area contributed by atoms with Crippen molar-refractivity contribution < 1.29 is 8.78 Å². The summed E-state index contributed by atoms with van der Waals surface area (Å²) < 4.78 is 26.4. The monoisotopic (exact) mass is 299 g/mol. The van der Waals surface area contributed by atoms with Crippen LogP contribution in [0.2, 0.25) is 0 Å². The second-order valence-electron chi connectivity index (χ2n) is 5.31. The minimum absolute atomic E-state index is 0.515. The highest BCUT2D eigenvalue weighted by Crippen LogP contribution is 2.19. The third-order valence-electron chi connectivity index (χ3n) is 3.74. The van der Waals surface area contributed by atoms with Crippen LogP contribution in [0.3, 0.4) is 0 Å². The molecular weight excluding hydrogens is 280 g/mol. The topological polar surface area (TPSA) is 12.0 Å². The van der Waals surface area contributed by atoms with Gasteiger partial charge in [-0.3, -0.25) is 0 Å². The van der Waals surface area contributed by atoms with E-state index in [9.17, 15) is 8.78 Å². The first-order valence-corrected chi connectivity index (χ1v) is 7.30. The van der Waals surface area contributed by atoms with Gasteiger partial charge in [0, 0.05) is 6.07 Å². The maximum atomic E-state index is 13.2. The van der Waals surface area contributed by atoms with Gasteiger partial charge in [0.2, 0.25) is 0 Å². The summed E-state index contributed by atoms with van der Waals surface area (Å²) in [5.41, 5.74) is 4.51. The van der Waals surface area contributed by atoms with E-state index >= 15 is 0 Å². The summed E-state index contributed by atoms with van der Waals surface area (Å²) in [7, 11) is 0.